The van der Waals surface area contributed by atoms with E-state index < -0.39 is 0 Å². The third kappa shape index (κ3) is 3.39. The SMILES string of the molecule is O=C(NN(c1ccccc1)c1ccccc1)N1CCCCC1. The summed E-state index contributed by atoms with van der Waals surface area (Å²) in [7, 11) is 0. The Morgan fingerprint density at radius 1 is 0.818 bits per heavy atom. The second-order valence-electron chi connectivity index (χ2n) is 5.47. The van der Waals surface area contributed by atoms with E-state index in [2.05, 4.69) is 5.43 Å². The molecule has 2 aromatic rings. The number of benzene rings is 2. The van der Waals surface area contributed by atoms with E-state index in [4.69, 9.17) is 0 Å². The van der Waals surface area contributed by atoms with E-state index in [9.17, 15) is 4.79 Å². The minimum absolute atomic E-state index is 0.0348. The average molecular weight is 295 g/mol. The zero-order valence-electron chi connectivity index (χ0n) is 12.6. The van der Waals surface area contributed by atoms with Crippen LogP contribution in [0.1, 0.15) is 19.3 Å². The summed E-state index contributed by atoms with van der Waals surface area (Å²) >= 11 is 0. The fourth-order valence-corrected chi connectivity index (χ4v) is 2.70. The van der Waals surface area contributed by atoms with Crippen LogP contribution < -0.4 is 10.4 Å². The quantitative estimate of drug-likeness (QED) is 0.871. The highest BCUT2D eigenvalue weighted by atomic mass is 16.2. The fourth-order valence-electron chi connectivity index (χ4n) is 2.70. The molecule has 4 heteroatoms. The van der Waals surface area contributed by atoms with Crippen molar-refractivity contribution in [2.75, 3.05) is 18.1 Å². The predicted molar refractivity (Wildman–Crippen MR) is 89.0 cm³/mol. The van der Waals surface area contributed by atoms with Gasteiger partial charge < -0.3 is 4.90 Å². The van der Waals surface area contributed by atoms with Gasteiger partial charge in [0.2, 0.25) is 0 Å². The Kier molecular flexibility index (Phi) is 4.59. The molecular weight excluding hydrogens is 274 g/mol. The number of nitrogens with zero attached hydrogens (tertiary/aromatic N) is 2. The van der Waals surface area contributed by atoms with E-state index in [1.54, 1.807) is 0 Å². The molecule has 0 saturated carbocycles. The van der Waals surface area contributed by atoms with Gasteiger partial charge in [0.15, 0.2) is 0 Å². The maximum Gasteiger partial charge on any atom is 0.336 e. The van der Waals surface area contributed by atoms with Crippen LogP contribution in [-0.4, -0.2) is 24.0 Å². The number of urea groups is 1. The molecule has 1 heterocycles. The second-order valence-corrected chi connectivity index (χ2v) is 5.47. The van der Waals surface area contributed by atoms with Crippen molar-refractivity contribution in [1.29, 1.82) is 0 Å². The van der Waals surface area contributed by atoms with E-state index in [0.717, 1.165) is 37.3 Å². The van der Waals surface area contributed by atoms with Gasteiger partial charge in [0.1, 0.15) is 0 Å². The molecule has 0 spiro atoms. The Hall–Kier alpha value is -2.49. The molecular formula is C18H21N3O. The van der Waals surface area contributed by atoms with Gasteiger partial charge in [0, 0.05) is 13.1 Å². The molecule has 1 aliphatic heterocycles. The largest absolute Gasteiger partial charge is 0.336 e. The average Bonchev–Trinajstić information content (AvgIpc) is 2.62. The van der Waals surface area contributed by atoms with Crippen LogP contribution in [-0.2, 0) is 0 Å². The third-order valence-corrected chi connectivity index (χ3v) is 3.88. The molecule has 4 nitrogen and oxygen atoms in total. The molecule has 1 aliphatic rings. The van der Waals surface area contributed by atoms with E-state index in [1.807, 2.05) is 70.6 Å². The van der Waals surface area contributed by atoms with Gasteiger partial charge in [0.25, 0.3) is 0 Å². The third-order valence-electron chi connectivity index (χ3n) is 3.88. The number of rotatable bonds is 3. The molecule has 2 aromatic carbocycles. The predicted octanol–water partition coefficient (Wildman–Crippen LogP) is 3.94. The Morgan fingerprint density at radius 2 is 1.32 bits per heavy atom. The number of para-hydroxylation sites is 2. The first-order valence-corrected chi connectivity index (χ1v) is 7.80. The Balaban J connectivity index is 1.81. The van der Waals surface area contributed by atoms with Gasteiger partial charge in [-0.25, -0.2) is 10.2 Å². The number of carbonyl (C=O) groups is 1. The van der Waals surface area contributed by atoms with E-state index in [0.29, 0.717) is 0 Å². The molecule has 2 amide bonds. The summed E-state index contributed by atoms with van der Waals surface area (Å²) in [6, 6.07) is 19.7. The molecule has 1 fully saturated rings. The van der Waals surface area contributed by atoms with Crippen LogP contribution in [0.4, 0.5) is 16.2 Å². The lowest BCUT2D eigenvalue weighted by Crippen LogP contribution is -2.48. The van der Waals surface area contributed by atoms with Crippen LogP contribution >= 0.6 is 0 Å². The first kappa shape index (κ1) is 14.4. The number of anilines is 2. The van der Waals surface area contributed by atoms with Crippen molar-refractivity contribution in [1.82, 2.24) is 10.3 Å². The van der Waals surface area contributed by atoms with Crippen molar-refractivity contribution in [3.63, 3.8) is 0 Å². The van der Waals surface area contributed by atoms with Crippen molar-refractivity contribution in [3.05, 3.63) is 60.7 Å². The number of hydrazine groups is 1. The molecule has 0 aliphatic carbocycles. The molecule has 0 bridgehead atoms. The number of hydrogen-bond acceptors (Lipinski definition) is 2. The van der Waals surface area contributed by atoms with Gasteiger partial charge in [-0.15, -0.1) is 0 Å². The summed E-state index contributed by atoms with van der Waals surface area (Å²) in [5.74, 6) is 0. The molecule has 0 unspecified atom stereocenters. The summed E-state index contributed by atoms with van der Waals surface area (Å²) in [4.78, 5) is 14.4. The van der Waals surface area contributed by atoms with Gasteiger partial charge in [-0.2, -0.15) is 0 Å². The first-order chi connectivity index (χ1) is 10.8. The Labute approximate surface area is 131 Å². The van der Waals surface area contributed by atoms with Crippen LogP contribution in [0.2, 0.25) is 0 Å². The number of nitrogens with one attached hydrogen (secondary N) is 1. The van der Waals surface area contributed by atoms with Crippen molar-refractivity contribution in [2.45, 2.75) is 19.3 Å². The number of likely N-dealkylation sites (tertiary alicyclic amines) is 1. The molecule has 0 radical (unpaired) electrons. The molecule has 1 saturated heterocycles. The summed E-state index contributed by atoms with van der Waals surface area (Å²) in [6.07, 6.45) is 3.39. The summed E-state index contributed by atoms with van der Waals surface area (Å²) in [5, 5.41) is 1.84. The van der Waals surface area contributed by atoms with E-state index in [-0.39, 0.29) is 6.03 Å². The smallest absolute Gasteiger partial charge is 0.323 e. The highest BCUT2D eigenvalue weighted by Crippen LogP contribution is 2.23. The number of hydrogen-bond donors (Lipinski definition) is 1. The lowest BCUT2D eigenvalue weighted by atomic mass is 10.1. The lowest BCUT2D eigenvalue weighted by Gasteiger charge is -2.31. The minimum atomic E-state index is -0.0348. The van der Waals surface area contributed by atoms with E-state index in [1.165, 1.54) is 6.42 Å². The molecule has 1 N–H and O–H groups in total. The molecule has 22 heavy (non-hydrogen) atoms. The Bertz CT molecular complexity index is 555. The highest BCUT2D eigenvalue weighted by molar-refractivity contribution is 5.79. The minimum Gasteiger partial charge on any atom is -0.323 e. The molecule has 0 atom stereocenters. The second kappa shape index (κ2) is 6.98. The van der Waals surface area contributed by atoms with Crippen LogP contribution in [0.15, 0.2) is 60.7 Å². The van der Waals surface area contributed by atoms with Crippen LogP contribution in [0.3, 0.4) is 0 Å². The highest BCUT2D eigenvalue weighted by Gasteiger charge is 2.19. The Morgan fingerprint density at radius 3 is 1.82 bits per heavy atom. The maximum atomic E-state index is 12.5. The number of piperidine rings is 1. The molecule has 114 valence electrons. The standard InChI is InChI=1S/C18H21N3O/c22-18(20-14-8-3-9-15-20)19-21(16-10-4-1-5-11-16)17-12-6-2-7-13-17/h1-2,4-7,10-13H,3,8-9,14-15H2,(H,19,22). The van der Waals surface area contributed by atoms with E-state index >= 15 is 0 Å². The van der Waals surface area contributed by atoms with Gasteiger partial charge in [-0.3, -0.25) is 5.01 Å². The van der Waals surface area contributed by atoms with Gasteiger partial charge >= 0.3 is 6.03 Å². The van der Waals surface area contributed by atoms with Crippen molar-refractivity contribution >= 4 is 17.4 Å². The van der Waals surface area contributed by atoms with Gasteiger partial charge in [-0.05, 0) is 43.5 Å². The van der Waals surface area contributed by atoms with Crippen molar-refractivity contribution in [2.24, 2.45) is 0 Å². The normalized spacial score (nSPS) is 14.5. The van der Waals surface area contributed by atoms with Crippen molar-refractivity contribution in [3.8, 4) is 0 Å². The maximum absolute atomic E-state index is 12.5. The van der Waals surface area contributed by atoms with Crippen molar-refractivity contribution < 1.29 is 4.79 Å². The molecule has 3 rings (SSSR count). The first-order valence-electron chi connectivity index (χ1n) is 7.80. The lowest BCUT2D eigenvalue weighted by molar-refractivity contribution is 0.186. The summed E-state index contributed by atoms with van der Waals surface area (Å²) in [6.45, 7) is 1.67. The summed E-state index contributed by atoms with van der Waals surface area (Å²) in [5.41, 5.74) is 4.93. The summed E-state index contributed by atoms with van der Waals surface area (Å²) < 4.78 is 0. The number of carbonyl (C=O) groups excluding carboxylic acids is 1. The fraction of sp³-hybridized carbons (Fsp3) is 0.278. The number of amides is 2. The van der Waals surface area contributed by atoms with Crippen LogP contribution in [0, 0.1) is 0 Å². The zero-order chi connectivity index (χ0) is 15.2. The zero-order valence-corrected chi connectivity index (χ0v) is 12.6. The van der Waals surface area contributed by atoms with Gasteiger partial charge in [0.05, 0.1) is 11.4 Å². The van der Waals surface area contributed by atoms with Crippen LogP contribution in [0.25, 0.3) is 0 Å². The topological polar surface area (TPSA) is 35.6 Å². The molecule has 0 aromatic heterocycles. The monoisotopic (exact) mass is 295 g/mol. The van der Waals surface area contributed by atoms with Gasteiger partial charge in [-0.1, -0.05) is 36.4 Å². The van der Waals surface area contributed by atoms with Crippen LogP contribution in [0.5, 0.6) is 0 Å².